The molecule has 0 aromatic heterocycles. The number of rotatable bonds is 4. The maximum atomic E-state index is 2.46. The van der Waals surface area contributed by atoms with Crippen molar-refractivity contribution in [3.63, 3.8) is 0 Å². The smallest absolute Gasteiger partial charge is 1.00 e. The van der Waals surface area contributed by atoms with Crippen molar-refractivity contribution in [1.29, 1.82) is 0 Å². The molecule has 0 aliphatic heterocycles. The van der Waals surface area contributed by atoms with E-state index in [1.807, 2.05) is 0 Å². The molecular weight excluding hydrogens is 450 g/mol. The van der Waals surface area contributed by atoms with Gasteiger partial charge >= 0.3 is 163 Å². The number of hydrogen-bond donors (Lipinski definition) is 0. The van der Waals surface area contributed by atoms with E-state index in [1.54, 1.807) is 6.56 Å². The van der Waals surface area contributed by atoms with Crippen LogP contribution in [-0.4, -0.2) is 0 Å². The monoisotopic (exact) mass is 470 g/mol. The van der Waals surface area contributed by atoms with Gasteiger partial charge in [0.05, 0.1) is 0 Å². The van der Waals surface area contributed by atoms with Gasteiger partial charge in [0.25, 0.3) is 0 Å². The maximum Gasteiger partial charge on any atom is -1.00 e. The van der Waals surface area contributed by atoms with Crippen molar-refractivity contribution in [2.75, 3.05) is 0 Å². The zero-order valence-corrected chi connectivity index (χ0v) is 19.5. The van der Waals surface area contributed by atoms with Gasteiger partial charge in [-0.05, 0) is 0 Å². The van der Waals surface area contributed by atoms with E-state index in [9.17, 15) is 0 Å². The summed E-state index contributed by atoms with van der Waals surface area (Å²) >= 11 is -0.801. The predicted octanol–water partition coefficient (Wildman–Crippen LogP) is 0.332. The Labute approximate surface area is 186 Å². The third kappa shape index (κ3) is 5.02. The maximum absolute atomic E-state index is 2.46. The van der Waals surface area contributed by atoms with E-state index in [-0.39, 0.29) is 24.8 Å². The van der Waals surface area contributed by atoms with Crippen LogP contribution in [0.1, 0.15) is 36.8 Å². The summed E-state index contributed by atoms with van der Waals surface area (Å²) in [4.78, 5) is 0. The van der Waals surface area contributed by atoms with Gasteiger partial charge < -0.3 is 24.8 Å². The van der Waals surface area contributed by atoms with Crippen LogP contribution in [0, 0.1) is 0 Å². The molecule has 3 heteroatoms. The van der Waals surface area contributed by atoms with Crippen molar-refractivity contribution >= 4 is 0 Å². The molecule has 2 aliphatic carbocycles. The molecule has 27 heavy (non-hydrogen) atoms. The third-order valence-electron chi connectivity index (χ3n) is 4.90. The molecule has 2 atom stereocenters. The summed E-state index contributed by atoms with van der Waals surface area (Å²) in [7, 11) is 0. The second-order valence-corrected chi connectivity index (χ2v) is 10.4. The Hall–Kier alpha value is -1.14. The average Bonchev–Trinajstić information content (AvgIpc) is 3.19. The van der Waals surface area contributed by atoms with E-state index in [2.05, 4.69) is 98.8 Å². The fourth-order valence-corrected chi connectivity index (χ4v) is 8.03. The molecule has 0 spiro atoms. The van der Waals surface area contributed by atoms with Crippen LogP contribution >= 0.6 is 0 Å². The number of allylic oxidation sites excluding steroid dienone is 8. The van der Waals surface area contributed by atoms with E-state index in [1.165, 1.54) is 22.3 Å². The Balaban J connectivity index is 0.00000131. The van der Waals surface area contributed by atoms with Crippen molar-refractivity contribution in [1.82, 2.24) is 0 Å². The van der Waals surface area contributed by atoms with Crippen LogP contribution in [0.25, 0.3) is 0 Å². The first-order chi connectivity index (χ1) is 12.2. The minimum Gasteiger partial charge on any atom is -1.00 e. The molecule has 2 unspecified atom stereocenters. The van der Waals surface area contributed by atoms with E-state index >= 15 is 0 Å². The summed E-state index contributed by atoms with van der Waals surface area (Å²) in [5, 5.41) is 0. The molecule has 0 saturated heterocycles. The van der Waals surface area contributed by atoms with Crippen molar-refractivity contribution in [2.24, 2.45) is 0 Å². The molecule has 0 N–H and O–H groups in total. The SMILES string of the molecule is CC1=CC(c2ccccc2)[C]([Zr+2][C]2=CC(C)=CC2c2ccccc2)=C1.[Cl-].[Cl-]. The fourth-order valence-electron chi connectivity index (χ4n) is 3.74. The second-order valence-electron chi connectivity index (χ2n) is 6.92. The van der Waals surface area contributed by atoms with Crippen LogP contribution in [0.4, 0.5) is 0 Å². The summed E-state index contributed by atoms with van der Waals surface area (Å²) in [5.74, 6) is 0.983. The second kappa shape index (κ2) is 9.88. The number of hydrogen-bond acceptors (Lipinski definition) is 0. The molecule has 0 fully saturated rings. The Bertz CT molecular complexity index is 817. The Morgan fingerprint density at radius 2 is 0.963 bits per heavy atom. The molecule has 0 nitrogen and oxygen atoms in total. The summed E-state index contributed by atoms with van der Waals surface area (Å²) in [6.07, 6.45) is 9.80. The average molecular weight is 473 g/mol. The van der Waals surface area contributed by atoms with Crippen molar-refractivity contribution in [3.8, 4) is 0 Å². The van der Waals surface area contributed by atoms with Crippen molar-refractivity contribution in [2.45, 2.75) is 25.7 Å². The fraction of sp³-hybridized carbons (Fsp3) is 0.167. The van der Waals surface area contributed by atoms with Gasteiger partial charge in [-0.3, -0.25) is 0 Å². The van der Waals surface area contributed by atoms with Crippen LogP contribution in [0.5, 0.6) is 0 Å². The third-order valence-corrected chi connectivity index (χ3v) is 8.56. The van der Waals surface area contributed by atoms with Crippen molar-refractivity contribution in [3.05, 3.63) is 114 Å². The molecule has 0 amide bonds. The van der Waals surface area contributed by atoms with Crippen LogP contribution in [0.15, 0.2) is 103 Å². The van der Waals surface area contributed by atoms with Crippen LogP contribution < -0.4 is 24.8 Å². The minimum atomic E-state index is -0.801. The Morgan fingerprint density at radius 3 is 1.33 bits per heavy atom. The molecule has 4 rings (SSSR count). The standard InChI is InChI=1S/2C12H11.2ClH.Zr/c2*1-10-7-8-12(9-10)11-5-3-2-4-6-11;;;/h2*2-7,9,12H,1H3;2*1H;/q;;;;+2/p-2. The zero-order valence-electron chi connectivity index (χ0n) is 15.5. The van der Waals surface area contributed by atoms with Gasteiger partial charge in [-0.15, -0.1) is 0 Å². The summed E-state index contributed by atoms with van der Waals surface area (Å²) in [5.41, 5.74) is 5.71. The molecule has 136 valence electrons. The summed E-state index contributed by atoms with van der Waals surface area (Å²) < 4.78 is 3.37. The number of halogens is 2. The molecule has 0 bridgehead atoms. The largest absolute Gasteiger partial charge is 1.00 e. The first kappa shape index (κ1) is 22.2. The summed E-state index contributed by atoms with van der Waals surface area (Å²) in [6, 6.07) is 21.9. The van der Waals surface area contributed by atoms with E-state index in [4.69, 9.17) is 0 Å². The van der Waals surface area contributed by atoms with Gasteiger partial charge in [0.15, 0.2) is 0 Å². The molecule has 2 aromatic rings. The van der Waals surface area contributed by atoms with Crippen LogP contribution in [0.2, 0.25) is 0 Å². The first-order valence-electron chi connectivity index (χ1n) is 8.87. The van der Waals surface area contributed by atoms with Gasteiger partial charge in [0.2, 0.25) is 0 Å². The molecule has 2 aliphatic rings. The van der Waals surface area contributed by atoms with Crippen LogP contribution in [0.3, 0.4) is 0 Å². The van der Waals surface area contributed by atoms with Gasteiger partial charge in [0.1, 0.15) is 0 Å². The first-order valence-corrected chi connectivity index (χ1v) is 11.3. The van der Waals surface area contributed by atoms with Crippen molar-refractivity contribution < 1.29 is 48.0 Å². The Morgan fingerprint density at radius 1 is 0.593 bits per heavy atom. The Kier molecular flexibility index (Phi) is 8.10. The molecule has 0 heterocycles. The zero-order chi connectivity index (χ0) is 17.2. The predicted molar refractivity (Wildman–Crippen MR) is 102 cm³/mol. The number of benzene rings is 2. The topological polar surface area (TPSA) is 0 Å². The quantitative estimate of drug-likeness (QED) is 0.602. The molecule has 0 radical (unpaired) electrons. The van der Waals surface area contributed by atoms with E-state index < -0.39 is 23.2 Å². The van der Waals surface area contributed by atoms with Crippen LogP contribution in [-0.2, 0) is 23.2 Å². The van der Waals surface area contributed by atoms with E-state index in [0.717, 1.165) is 0 Å². The molecule has 0 saturated carbocycles. The van der Waals surface area contributed by atoms with E-state index in [0.29, 0.717) is 11.8 Å². The molecule has 2 aromatic carbocycles. The normalized spacial score (nSPS) is 20.4. The van der Waals surface area contributed by atoms with Gasteiger partial charge in [-0.2, -0.15) is 0 Å². The van der Waals surface area contributed by atoms with Gasteiger partial charge in [0, 0.05) is 0 Å². The summed E-state index contributed by atoms with van der Waals surface area (Å²) in [6.45, 7) is 4.48. The molecular formula is C24H22Cl2Zr. The van der Waals surface area contributed by atoms with Gasteiger partial charge in [-0.1, -0.05) is 0 Å². The minimum absolute atomic E-state index is 0. The van der Waals surface area contributed by atoms with Gasteiger partial charge in [-0.25, -0.2) is 0 Å².